The van der Waals surface area contributed by atoms with Crippen LogP contribution in [0.2, 0.25) is 0 Å². The van der Waals surface area contributed by atoms with Crippen LogP contribution in [-0.2, 0) is 43.3 Å². The maximum absolute atomic E-state index is 13.8. The molecule has 2 aromatic carbocycles. The van der Waals surface area contributed by atoms with Gasteiger partial charge in [-0.05, 0) is 30.9 Å². The molecule has 13 heteroatoms. The Morgan fingerprint density at radius 3 is 2.13 bits per heavy atom. The van der Waals surface area contributed by atoms with Gasteiger partial charge >= 0.3 is 0 Å². The maximum atomic E-state index is 13.8. The van der Waals surface area contributed by atoms with Gasteiger partial charge in [-0.3, -0.25) is 24.0 Å². The van der Waals surface area contributed by atoms with Crippen LogP contribution in [0.1, 0.15) is 47.1 Å². The van der Waals surface area contributed by atoms with Crippen molar-refractivity contribution in [1.82, 2.24) is 31.3 Å². The minimum absolute atomic E-state index is 0.0176. The monoisotopic (exact) mass is 630 g/mol. The van der Waals surface area contributed by atoms with Gasteiger partial charge in [0.15, 0.2) is 11.5 Å². The van der Waals surface area contributed by atoms with Crippen LogP contribution >= 0.6 is 0 Å². The van der Waals surface area contributed by atoms with Crippen LogP contribution in [0.5, 0.6) is 0 Å². The molecule has 46 heavy (non-hydrogen) atoms. The fourth-order valence-electron chi connectivity index (χ4n) is 5.39. The van der Waals surface area contributed by atoms with Crippen LogP contribution in [-0.4, -0.2) is 83.5 Å². The van der Waals surface area contributed by atoms with Gasteiger partial charge in [-0.15, -0.1) is 0 Å². The van der Waals surface area contributed by atoms with Crippen LogP contribution in [0.4, 0.5) is 0 Å². The van der Waals surface area contributed by atoms with Crippen LogP contribution in [0.3, 0.4) is 0 Å². The zero-order valence-electron chi connectivity index (χ0n) is 25.6. The van der Waals surface area contributed by atoms with Crippen molar-refractivity contribution in [3.63, 3.8) is 0 Å². The largest absolute Gasteiger partial charge is 0.368 e. The van der Waals surface area contributed by atoms with E-state index in [4.69, 9.17) is 9.26 Å². The minimum atomic E-state index is -1.06. The van der Waals surface area contributed by atoms with E-state index in [1.54, 1.807) is 0 Å². The lowest BCUT2D eigenvalue weighted by molar-refractivity contribution is -0.142. The van der Waals surface area contributed by atoms with Crippen molar-refractivity contribution >= 4 is 29.5 Å². The van der Waals surface area contributed by atoms with Gasteiger partial charge in [0.2, 0.25) is 17.7 Å². The summed E-state index contributed by atoms with van der Waals surface area (Å²) >= 11 is 0. The molecule has 2 aliphatic rings. The molecule has 0 aliphatic carbocycles. The summed E-state index contributed by atoms with van der Waals surface area (Å²) in [7, 11) is 0. The van der Waals surface area contributed by atoms with Gasteiger partial charge in [0, 0.05) is 38.6 Å². The van der Waals surface area contributed by atoms with E-state index in [1.165, 1.54) is 17.9 Å². The molecule has 0 spiro atoms. The summed E-state index contributed by atoms with van der Waals surface area (Å²) in [5.41, 5.74) is 1.54. The molecule has 2 aliphatic heterocycles. The fourth-order valence-corrected chi connectivity index (χ4v) is 5.39. The van der Waals surface area contributed by atoms with E-state index in [9.17, 15) is 24.0 Å². The van der Waals surface area contributed by atoms with Gasteiger partial charge in [0.25, 0.3) is 11.8 Å². The van der Waals surface area contributed by atoms with Crippen LogP contribution < -0.4 is 21.3 Å². The highest BCUT2D eigenvalue weighted by Crippen LogP contribution is 2.17. The third kappa shape index (κ3) is 8.57. The van der Waals surface area contributed by atoms with E-state index in [1.807, 2.05) is 60.7 Å². The standard InChI is InChI=1S/C33H38N6O7/c1-21-29(40)36-26(18-23-11-6-3-7-12-23)31(42)37-25(17-22-9-4-2-5-10-22)30(41)34-14-15-39(33(44)28-13-8-16-45-28)20-24-19-27(38-46-24)32(43)35-21/h2-7,9-12,19,21,25-26,28H,8,13-18,20H2,1H3,(H,34,41)(H,35,43)(H,36,40)(H,37,42)/t21-,25+,26-,28+/m0/s1. The SMILES string of the molecule is C[C@@H]1NC(=O)c2cc(on2)CN(C(=O)[C@H]2CCCO2)CCNC(=O)[C@@H](Cc2ccccc2)NC(=O)[C@H](Cc2ccccc2)NC1=O. The number of hydrogen-bond acceptors (Lipinski definition) is 8. The van der Waals surface area contributed by atoms with E-state index < -0.39 is 47.9 Å². The molecule has 1 aromatic heterocycles. The van der Waals surface area contributed by atoms with Crippen molar-refractivity contribution in [2.75, 3.05) is 19.7 Å². The highest BCUT2D eigenvalue weighted by molar-refractivity contribution is 5.97. The Bertz CT molecular complexity index is 1520. The van der Waals surface area contributed by atoms with Gasteiger partial charge < -0.3 is 35.4 Å². The number of ether oxygens (including phenoxy) is 1. The van der Waals surface area contributed by atoms with Crippen molar-refractivity contribution in [2.45, 2.75) is 63.4 Å². The lowest BCUT2D eigenvalue weighted by Gasteiger charge is -2.26. The smallest absolute Gasteiger partial charge is 0.274 e. The predicted molar refractivity (Wildman–Crippen MR) is 165 cm³/mol. The number of hydrogen-bond donors (Lipinski definition) is 4. The Labute approximate surface area is 266 Å². The second-order valence-electron chi connectivity index (χ2n) is 11.4. The third-order valence-electron chi connectivity index (χ3n) is 7.91. The first-order chi connectivity index (χ1) is 22.3. The zero-order chi connectivity index (χ0) is 32.5. The number of rotatable bonds is 5. The van der Waals surface area contributed by atoms with Crippen molar-refractivity contribution in [3.8, 4) is 0 Å². The summed E-state index contributed by atoms with van der Waals surface area (Å²) in [5.74, 6) is -2.30. The van der Waals surface area contributed by atoms with Crippen LogP contribution in [0, 0.1) is 0 Å². The second kappa shape index (κ2) is 15.3. The molecular weight excluding hydrogens is 592 g/mol. The molecule has 1 saturated heterocycles. The van der Waals surface area contributed by atoms with Crippen molar-refractivity contribution < 1.29 is 33.2 Å². The molecule has 13 nitrogen and oxygen atoms in total. The Morgan fingerprint density at radius 2 is 1.50 bits per heavy atom. The van der Waals surface area contributed by atoms with Gasteiger partial charge in [0.05, 0.1) is 6.54 Å². The molecule has 4 atom stereocenters. The minimum Gasteiger partial charge on any atom is -0.368 e. The quantitative estimate of drug-likeness (QED) is 0.322. The Kier molecular flexibility index (Phi) is 10.8. The summed E-state index contributed by atoms with van der Waals surface area (Å²) in [6.45, 7) is 2.13. The summed E-state index contributed by atoms with van der Waals surface area (Å²) in [6.07, 6.45) is 1.04. The average molecular weight is 631 g/mol. The normalized spacial score (nSPS) is 23.4. The number of benzene rings is 2. The van der Waals surface area contributed by atoms with Gasteiger partial charge in [-0.1, -0.05) is 65.8 Å². The summed E-state index contributed by atoms with van der Waals surface area (Å²) in [5, 5.41) is 14.8. The summed E-state index contributed by atoms with van der Waals surface area (Å²) < 4.78 is 11.0. The van der Waals surface area contributed by atoms with Crippen molar-refractivity contribution in [1.29, 1.82) is 0 Å². The van der Waals surface area contributed by atoms with Gasteiger partial charge in [0.1, 0.15) is 24.2 Å². The lowest BCUT2D eigenvalue weighted by Crippen LogP contribution is -2.57. The number of carbonyl (C=O) groups excluding carboxylic acids is 5. The Hall–Kier alpha value is -5.04. The van der Waals surface area contributed by atoms with Crippen molar-refractivity contribution in [2.24, 2.45) is 0 Å². The molecular formula is C33H38N6O7. The topological polar surface area (TPSA) is 172 Å². The number of aromatic nitrogens is 1. The third-order valence-corrected chi connectivity index (χ3v) is 7.91. The van der Waals surface area contributed by atoms with Gasteiger partial charge in [-0.25, -0.2) is 0 Å². The Balaban J connectivity index is 1.43. The molecule has 0 unspecified atom stereocenters. The van der Waals surface area contributed by atoms with Gasteiger partial charge in [-0.2, -0.15) is 0 Å². The van der Waals surface area contributed by atoms with Crippen LogP contribution in [0.15, 0.2) is 71.3 Å². The van der Waals surface area contributed by atoms with E-state index in [-0.39, 0.29) is 49.8 Å². The first-order valence-electron chi connectivity index (χ1n) is 15.4. The van der Waals surface area contributed by atoms with E-state index in [2.05, 4.69) is 26.4 Å². The van der Waals surface area contributed by atoms with E-state index >= 15 is 0 Å². The highest BCUT2D eigenvalue weighted by atomic mass is 16.5. The number of nitrogens with one attached hydrogen (secondary N) is 4. The molecule has 242 valence electrons. The number of fused-ring (bicyclic) bond motifs is 2. The molecule has 0 radical (unpaired) electrons. The van der Waals surface area contributed by atoms with E-state index in [0.717, 1.165) is 17.5 Å². The average Bonchev–Trinajstić information content (AvgIpc) is 3.77. The summed E-state index contributed by atoms with van der Waals surface area (Å²) in [4.78, 5) is 68.4. The fraction of sp³-hybridized carbons (Fsp3) is 0.394. The van der Waals surface area contributed by atoms with E-state index in [0.29, 0.717) is 13.0 Å². The number of amides is 5. The molecule has 3 heterocycles. The first-order valence-corrected chi connectivity index (χ1v) is 15.4. The Morgan fingerprint density at radius 1 is 0.870 bits per heavy atom. The number of nitrogens with zero attached hydrogens (tertiary/aromatic N) is 2. The molecule has 1 fully saturated rings. The zero-order valence-corrected chi connectivity index (χ0v) is 25.6. The molecule has 5 amide bonds. The maximum Gasteiger partial charge on any atom is 0.274 e. The molecule has 0 saturated carbocycles. The lowest BCUT2D eigenvalue weighted by atomic mass is 10.0. The molecule has 5 rings (SSSR count). The highest BCUT2D eigenvalue weighted by Gasteiger charge is 2.32. The predicted octanol–water partition coefficient (Wildman–Crippen LogP) is 0.885. The molecule has 2 bridgehead atoms. The summed E-state index contributed by atoms with van der Waals surface area (Å²) in [6, 6.07) is 16.7. The van der Waals surface area contributed by atoms with Crippen molar-refractivity contribution in [3.05, 3.63) is 89.3 Å². The second-order valence-corrected chi connectivity index (χ2v) is 11.4. The number of carbonyl (C=O) groups is 5. The molecule has 4 N–H and O–H groups in total. The molecule has 3 aromatic rings. The first kappa shape index (κ1) is 32.4. The van der Waals surface area contributed by atoms with Crippen LogP contribution in [0.25, 0.3) is 0 Å².